The summed E-state index contributed by atoms with van der Waals surface area (Å²) >= 11 is 0. The number of aryl methyl sites for hydroxylation is 1. The highest BCUT2D eigenvalue weighted by molar-refractivity contribution is 5.96. The van der Waals surface area contributed by atoms with Gasteiger partial charge < -0.3 is 14.2 Å². The van der Waals surface area contributed by atoms with Crippen LogP contribution in [-0.4, -0.2) is 29.5 Å². The van der Waals surface area contributed by atoms with Gasteiger partial charge in [-0.15, -0.1) is 0 Å². The second-order valence-electron chi connectivity index (χ2n) is 4.47. The number of carbonyl (C=O) groups excluding carboxylic acids is 1. The molecule has 0 aliphatic heterocycles. The van der Waals surface area contributed by atoms with Crippen molar-refractivity contribution in [2.75, 3.05) is 14.2 Å². The fourth-order valence-electron chi connectivity index (χ4n) is 2.00. The van der Waals surface area contributed by atoms with Crippen LogP contribution in [0.3, 0.4) is 0 Å². The van der Waals surface area contributed by atoms with Crippen LogP contribution in [0.2, 0.25) is 0 Å². The van der Waals surface area contributed by atoms with Crippen molar-refractivity contribution < 1.29 is 9.53 Å². The van der Waals surface area contributed by atoms with Gasteiger partial charge in [0.1, 0.15) is 5.75 Å². The molecule has 100 valence electrons. The van der Waals surface area contributed by atoms with Crippen molar-refractivity contribution in [2.45, 2.75) is 6.54 Å². The highest BCUT2D eigenvalue weighted by Gasteiger charge is 2.16. The van der Waals surface area contributed by atoms with Crippen molar-refractivity contribution in [2.24, 2.45) is 7.05 Å². The molecule has 1 heterocycles. The predicted octanol–water partition coefficient (Wildman–Crippen LogP) is 2.31. The summed E-state index contributed by atoms with van der Waals surface area (Å²) in [4.78, 5) is 14.1. The minimum absolute atomic E-state index is 0.0429. The van der Waals surface area contributed by atoms with Gasteiger partial charge in [0.15, 0.2) is 0 Å². The lowest BCUT2D eigenvalue weighted by molar-refractivity contribution is 0.0779. The second kappa shape index (κ2) is 5.61. The van der Waals surface area contributed by atoms with Gasteiger partial charge in [0.2, 0.25) is 0 Å². The summed E-state index contributed by atoms with van der Waals surface area (Å²) in [7, 11) is 5.34. The normalized spacial score (nSPS) is 10.3. The van der Waals surface area contributed by atoms with E-state index < -0.39 is 0 Å². The molecule has 1 aromatic heterocycles. The monoisotopic (exact) mass is 258 g/mol. The first-order valence-corrected chi connectivity index (χ1v) is 6.12. The van der Waals surface area contributed by atoms with Crippen LogP contribution in [0.1, 0.15) is 16.1 Å². The second-order valence-corrected chi connectivity index (χ2v) is 4.47. The number of rotatable bonds is 4. The van der Waals surface area contributed by atoms with Gasteiger partial charge >= 0.3 is 0 Å². The van der Waals surface area contributed by atoms with Crippen LogP contribution >= 0.6 is 0 Å². The Bertz CT molecular complexity index is 575. The number of aromatic nitrogens is 1. The molecule has 4 nitrogen and oxygen atoms in total. The number of nitrogens with zero attached hydrogens (tertiary/aromatic N) is 2. The molecule has 0 radical (unpaired) electrons. The lowest BCUT2D eigenvalue weighted by Crippen LogP contribution is -2.27. The number of amides is 1. The van der Waals surface area contributed by atoms with Crippen LogP contribution < -0.4 is 4.74 Å². The lowest BCUT2D eigenvalue weighted by Gasteiger charge is -2.19. The summed E-state index contributed by atoms with van der Waals surface area (Å²) < 4.78 is 7.23. The van der Waals surface area contributed by atoms with E-state index in [9.17, 15) is 4.79 Å². The number of hydrogen-bond acceptors (Lipinski definition) is 2. The predicted molar refractivity (Wildman–Crippen MR) is 74.2 cm³/mol. The molecule has 1 amide bonds. The van der Waals surface area contributed by atoms with E-state index in [1.165, 1.54) is 0 Å². The van der Waals surface area contributed by atoms with Gasteiger partial charge in [-0.3, -0.25) is 4.79 Å². The minimum atomic E-state index is -0.0429. The summed E-state index contributed by atoms with van der Waals surface area (Å²) in [5, 5.41) is 0. The van der Waals surface area contributed by atoms with E-state index in [2.05, 4.69) is 0 Å². The first-order valence-electron chi connectivity index (χ1n) is 6.12. The molecular formula is C15H18N2O2. The minimum Gasteiger partial charge on any atom is -0.496 e. The molecule has 0 unspecified atom stereocenters. The van der Waals surface area contributed by atoms with Crippen molar-refractivity contribution in [1.29, 1.82) is 0 Å². The maximum absolute atomic E-state index is 12.4. The Balaban J connectivity index is 2.17. The molecule has 0 atom stereocenters. The number of hydrogen-bond donors (Lipinski definition) is 0. The molecule has 0 spiro atoms. The van der Waals surface area contributed by atoms with Crippen molar-refractivity contribution in [3.05, 3.63) is 53.9 Å². The van der Waals surface area contributed by atoms with E-state index in [0.717, 1.165) is 5.69 Å². The van der Waals surface area contributed by atoms with E-state index in [1.807, 2.05) is 42.1 Å². The van der Waals surface area contributed by atoms with Gasteiger partial charge in [0.25, 0.3) is 5.91 Å². The molecule has 0 aliphatic rings. The molecule has 0 saturated carbocycles. The summed E-state index contributed by atoms with van der Waals surface area (Å²) in [5.74, 6) is 0.560. The van der Waals surface area contributed by atoms with Gasteiger partial charge in [-0.1, -0.05) is 12.1 Å². The Hall–Kier alpha value is -2.23. The summed E-state index contributed by atoms with van der Waals surface area (Å²) in [5.41, 5.74) is 1.67. The van der Waals surface area contributed by atoms with E-state index in [-0.39, 0.29) is 5.91 Å². The molecule has 0 saturated heterocycles. The fourth-order valence-corrected chi connectivity index (χ4v) is 2.00. The molecule has 0 aliphatic carbocycles. The van der Waals surface area contributed by atoms with Crippen LogP contribution in [0.4, 0.5) is 0 Å². The Labute approximate surface area is 113 Å². The van der Waals surface area contributed by atoms with E-state index in [1.54, 1.807) is 31.2 Å². The summed E-state index contributed by atoms with van der Waals surface area (Å²) in [6.45, 7) is 0.570. The van der Waals surface area contributed by atoms with E-state index in [4.69, 9.17) is 4.74 Å². The van der Waals surface area contributed by atoms with Crippen LogP contribution in [0.15, 0.2) is 42.6 Å². The summed E-state index contributed by atoms with van der Waals surface area (Å²) in [6, 6.07) is 11.2. The summed E-state index contributed by atoms with van der Waals surface area (Å²) in [6.07, 6.45) is 1.97. The Morgan fingerprint density at radius 2 is 2.00 bits per heavy atom. The van der Waals surface area contributed by atoms with Crippen molar-refractivity contribution >= 4 is 5.91 Å². The fraction of sp³-hybridized carbons (Fsp3) is 0.267. The molecule has 2 rings (SSSR count). The third kappa shape index (κ3) is 2.78. The molecule has 0 N–H and O–H groups in total. The van der Waals surface area contributed by atoms with Gasteiger partial charge in [-0.05, 0) is 24.3 Å². The molecule has 0 fully saturated rings. The first-order chi connectivity index (χ1) is 9.13. The molecule has 0 bridgehead atoms. The quantitative estimate of drug-likeness (QED) is 0.843. The SMILES string of the molecule is COc1ccccc1C(=O)N(C)Cc1cccn1C. The van der Waals surface area contributed by atoms with Gasteiger partial charge in [0.05, 0.1) is 19.2 Å². The van der Waals surface area contributed by atoms with Gasteiger partial charge in [-0.2, -0.15) is 0 Å². The zero-order chi connectivity index (χ0) is 13.8. The van der Waals surface area contributed by atoms with Crippen LogP contribution in [0.25, 0.3) is 0 Å². The maximum atomic E-state index is 12.4. The Kier molecular flexibility index (Phi) is 3.90. The topological polar surface area (TPSA) is 34.5 Å². The largest absolute Gasteiger partial charge is 0.496 e. The Morgan fingerprint density at radius 1 is 1.26 bits per heavy atom. The third-order valence-electron chi connectivity index (χ3n) is 3.13. The highest BCUT2D eigenvalue weighted by Crippen LogP contribution is 2.19. The molecule has 19 heavy (non-hydrogen) atoms. The number of para-hydroxylation sites is 1. The average molecular weight is 258 g/mol. The van der Waals surface area contributed by atoms with E-state index in [0.29, 0.717) is 17.9 Å². The van der Waals surface area contributed by atoms with Crippen molar-refractivity contribution in [3.8, 4) is 5.75 Å². The highest BCUT2D eigenvalue weighted by atomic mass is 16.5. The maximum Gasteiger partial charge on any atom is 0.257 e. The average Bonchev–Trinajstić information content (AvgIpc) is 2.83. The van der Waals surface area contributed by atoms with Crippen molar-refractivity contribution in [3.63, 3.8) is 0 Å². The lowest BCUT2D eigenvalue weighted by atomic mass is 10.1. The first kappa shape index (κ1) is 13.2. The van der Waals surface area contributed by atoms with Crippen LogP contribution in [-0.2, 0) is 13.6 Å². The number of carbonyl (C=O) groups is 1. The standard InChI is InChI=1S/C15H18N2O2/c1-16-10-6-7-12(16)11-17(2)15(18)13-8-4-5-9-14(13)19-3/h4-10H,11H2,1-3H3. The molecular weight excluding hydrogens is 240 g/mol. The smallest absolute Gasteiger partial charge is 0.257 e. The number of ether oxygens (including phenoxy) is 1. The van der Waals surface area contributed by atoms with Crippen LogP contribution in [0, 0.1) is 0 Å². The molecule has 2 aromatic rings. The van der Waals surface area contributed by atoms with E-state index >= 15 is 0 Å². The molecule has 4 heteroatoms. The number of benzene rings is 1. The third-order valence-corrected chi connectivity index (χ3v) is 3.13. The van der Waals surface area contributed by atoms with Gasteiger partial charge in [0, 0.05) is 26.0 Å². The number of methoxy groups -OCH3 is 1. The van der Waals surface area contributed by atoms with Gasteiger partial charge in [-0.25, -0.2) is 0 Å². The molecule has 1 aromatic carbocycles. The Morgan fingerprint density at radius 3 is 2.63 bits per heavy atom. The zero-order valence-electron chi connectivity index (χ0n) is 11.5. The zero-order valence-corrected chi connectivity index (χ0v) is 11.5. The van der Waals surface area contributed by atoms with Crippen molar-refractivity contribution in [1.82, 2.24) is 9.47 Å². The van der Waals surface area contributed by atoms with Crippen LogP contribution in [0.5, 0.6) is 5.75 Å².